The second-order valence-corrected chi connectivity index (χ2v) is 6.78. The largest absolute Gasteiger partial charge is 0.488 e. The topological polar surface area (TPSA) is 35.5 Å². The molecule has 4 heteroatoms. The van der Waals surface area contributed by atoms with Crippen LogP contribution in [0.15, 0.2) is 53.0 Å². The van der Waals surface area contributed by atoms with Gasteiger partial charge < -0.3 is 9.47 Å². The number of esters is 1. The highest BCUT2D eigenvalue weighted by Crippen LogP contribution is 2.27. The molecule has 0 N–H and O–H groups in total. The van der Waals surface area contributed by atoms with E-state index >= 15 is 0 Å². The Bertz CT molecular complexity index is 645. The summed E-state index contributed by atoms with van der Waals surface area (Å²) in [5.41, 5.74) is 1.07. The van der Waals surface area contributed by atoms with Crippen LogP contribution in [-0.4, -0.2) is 11.6 Å². The number of carbonyl (C=O) groups excluding carboxylic acids is 1. The minimum atomic E-state index is -0.508. The molecule has 0 aliphatic heterocycles. The summed E-state index contributed by atoms with van der Waals surface area (Å²) in [5.74, 6) is 0.346. The van der Waals surface area contributed by atoms with Gasteiger partial charge in [0.25, 0.3) is 0 Å². The van der Waals surface area contributed by atoms with E-state index < -0.39 is 5.60 Å². The first-order chi connectivity index (χ1) is 10.3. The molecule has 0 spiro atoms. The van der Waals surface area contributed by atoms with Gasteiger partial charge in [0.1, 0.15) is 18.0 Å². The van der Waals surface area contributed by atoms with Crippen LogP contribution in [0.1, 0.15) is 36.7 Å². The quantitative estimate of drug-likeness (QED) is 0.719. The smallest absolute Gasteiger partial charge is 0.338 e. The van der Waals surface area contributed by atoms with Crippen molar-refractivity contribution in [3.63, 3.8) is 0 Å². The molecule has 0 aliphatic rings. The third-order valence-electron chi connectivity index (χ3n) is 2.80. The second-order valence-electron chi connectivity index (χ2n) is 5.92. The van der Waals surface area contributed by atoms with Crippen molar-refractivity contribution in [2.24, 2.45) is 0 Å². The van der Waals surface area contributed by atoms with Gasteiger partial charge in [-0.05, 0) is 60.5 Å². The fraction of sp³-hybridized carbons (Fsp3) is 0.278. The molecular formula is C18H19BrO3. The van der Waals surface area contributed by atoms with Gasteiger partial charge in [-0.1, -0.05) is 30.3 Å². The van der Waals surface area contributed by atoms with Crippen molar-refractivity contribution in [1.82, 2.24) is 0 Å². The SMILES string of the molecule is CC(C)(C)OC(=O)c1ccc(OCc2ccccc2)c(Br)c1. The van der Waals surface area contributed by atoms with Crippen LogP contribution in [0.2, 0.25) is 0 Å². The van der Waals surface area contributed by atoms with E-state index in [1.165, 1.54) is 0 Å². The molecule has 0 heterocycles. The van der Waals surface area contributed by atoms with Crippen LogP contribution in [0, 0.1) is 0 Å². The van der Waals surface area contributed by atoms with Gasteiger partial charge in [-0.3, -0.25) is 0 Å². The summed E-state index contributed by atoms with van der Waals surface area (Å²) in [4.78, 5) is 12.0. The summed E-state index contributed by atoms with van der Waals surface area (Å²) in [6.07, 6.45) is 0. The Morgan fingerprint density at radius 2 is 1.77 bits per heavy atom. The van der Waals surface area contributed by atoms with Gasteiger partial charge in [-0.15, -0.1) is 0 Å². The molecule has 0 atom stereocenters. The Hall–Kier alpha value is -1.81. The zero-order valence-corrected chi connectivity index (χ0v) is 14.5. The van der Waals surface area contributed by atoms with Crippen LogP contribution in [-0.2, 0) is 11.3 Å². The second kappa shape index (κ2) is 6.97. The third kappa shape index (κ3) is 4.88. The standard InChI is InChI=1S/C18H19BrO3/c1-18(2,3)22-17(20)14-9-10-16(15(19)11-14)21-12-13-7-5-4-6-8-13/h4-11H,12H2,1-3H3. The molecule has 22 heavy (non-hydrogen) atoms. The Morgan fingerprint density at radius 1 is 1.09 bits per heavy atom. The van der Waals surface area contributed by atoms with Gasteiger partial charge in [-0.2, -0.15) is 0 Å². The zero-order chi connectivity index (χ0) is 16.2. The van der Waals surface area contributed by atoms with Crippen molar-refractivity contribution in [1.29, 1.82) is 0 Å². The maximum absolute atomic E-state index is 12.0. The first kappa shape index (κ1) is 16.6. The van der Waals surface area contributed by atoms with Crippen molar-refractivity contribution in [2.45, 2.75) is 33.0 Å². The van der Waals surface area contributed by atoms with E-state index in [4.69, 9.17) is 9.47 Å². The Labute approximate surface area is 139 Å². The maximum atomic E-state index is 12.0. The lowest BCUT2D eigenvalue weighted by Gasteiger charge is -2.19. The fourth-order valence-electron chi connectivity index (χ4n) is 1.82. The number of benzene rings is 2. The summed E-state index contributed by atoms with van der Waals surface area (Å²) in [5, 5.41) is 0. The first-order valence-electron chi connectivity index (χ1n) is 7.05. The molecule has 0 amide bonds. The van der Waals surface area contributed by atoms with E-state index in [-0.39, 0.29) is 5.97 Å². The van der Waals surface area contributed by atoms with E-state index in [0.717, 1.165) is 10.0 Å². The average molecular weight is 363 g/mol. The first-order valence-corrected chi connectivity index (χ1v) is 7.84. The van der Waals surface area contributed by atoms with Gasteiger partial charge in [0.05, 0.1) is 10.0 Å². The molecule has 0 bridgehead atoms. The predicted octanol–water partition coefficient (Wildman–Crippen LogP) is 4.98. The molecule has 116 valence electrons. The van der Waals surface area contributed by atoms with Crippen molar-refractivity contribution in [3.05, 3.63) is 64.1 Å². The van der Waals surface area contributed by atoms with E-state index in [9.17, 15) is 4.79 Å². The van der Waals surface area contributed by atoms with Crippen LogP contribution in [0.4, 0.5) is 0 Å². The molecule has 0 saturated heterocycles. The van der Waals surface area contributed by atoms with Gasteiger partial charge in [0.15, 0.2) is 0 Å². The number of hydrogen-bond donors (Lipinski definition) is 0. The highest BCUT2D eigenvalue weighted by atomic mass is 79.9. The lowest BCUT2D eigenvalue weighted by molar-refractivity contribution is 0.00694. The Kier molecular flexibility index (Phi) is 5.24. The van der Waals surface area contributed by atoms with Crippen LogP contribution < -0.4 is 4.74 Å². The fourth-order valence-corrected chi connectivity index (χ4v) is 2.31. The summed E-state index contributed by atoms with van der Waals surface area (Å²) in [7, 11) is 0. The van der Waals surface area contributed by atoms with Crippen LogP contribution >= 0.6 is 15.9 Å². The number of hydrogen-bond acceptors (Lipinski definition) is 3. The molecule has 2 aromatic rings. The summed E-state index contributed by atoms with van der Waals surface area (Å²) >= 11 is 3.44. The van der Waals surface area contributed by atoms with E-state index in [2.05, 4.69) is 15.9 Å². The predicted molar refractivity (Wildman–Crippen MR) is 90.1 cm³/mol. The Balaban J connectivity index is 2.05. The lowest BCUT2D eigenvalue weighted by atomic mass is 10.1. The molecule has 0 aromatic heterocycles. The normalized spacial score (nSPS) is 11.1. The molecule has 2 rings (SSSR count). The molecule has 3 nitrogen and oxygen atoms in total. The third-order valence-corrected chi connectivity index (χ3v) is 3.42. The van der Waals surface area contributed by atoms with Crippen LogP contribution in [0.5, 0.6) is 5.75 Å². The molecule has 0 fully saturated rings. The van der Waals surface area contributed by atoms with Gasteiger partial charge >= 0.3 is 5.97 Å². The van der Waals surface area contributed by atoms with Gasteiger partial charge in [0.2, 0.25) is 0 Å². The molecule has 0 aliphatic carbocycles. The number of halogens is 1. The summed E-state index contributed by atoms with van der Waals surface area (Å²) in [6, 6.07) is 15.1. The zero-order valence-electron chi connectivity index (χ0n) is 12.9. The molecular weight excluding hydrogens is 344 g/mol. The number of ether oxygens (including phenoxy) is 2. The average Bonchev–Trinajstić information content (AvgIpc) is 2.45. The summed E-state index contributed by atoms with van der Waals surface area (Å²) < 4.78 is 11.8. The number of rotatable bonds is 4. The molecule has 0 unspecified atom stereocenters. The highest BCUT2D eigenvalue weighted by Gasteiger charge is 2.18. The molecule has 2 aromatic carbocycles. The number of carbonyl (C=O) groups is 1. The monoisotopic (exact) mass is 362 g/mol. The summed E-state index contributed by atoms with van der Waals surface area (Å²) in [6.45, 7) is 6.01. The van der Waals surface area contributed by atoms with Crippen molar-refractivity contribution < 1.29 is 14.3 Å². The molecule has 0 radical (unpaired) electrons. The highest BCUT2D eigenvalue weighted by molar-refractivity contribution is 9.10. The van der Waals surface area contributed by atoms with E-state index in [1.807, 2.05) is 51.1 Å². The van der Waals surface area contributed by atoms with Gasteiger partial charge in [0, 0.05) is 0 Å². The van der Waals surface area contributed by atoms with Crippen LogP contribution in [0.25, 0.3) is 0 Å². The van der Waals surface area contributed by atoms with Gasteiger partial charge in [-0.25, -0.2) is 4.79 Å². The van der Waals surface area contributed by atoms with Crippen molar-refractivity contribution in [2.75, 3.05) is 0 Å². The van der Waals surface area contributed by atoms with Crippen molar-refractivity contribution in [3.8, 4) is 5.75 Å². The minimum Gasteiger partial charge on any atom is -0.488 e. The Morgan fingerprint density at radius 3 is 2.36 bits per heavy atom. The van der Waals surface area contributed by atoms with Crippen molar-refractivity contribution >= 4 is 21.9 Å². The lowest BCUT2D eigenvalue weighted by Crippen LogP contribution is -2.23. The maximum Gasteiger partial charge on any atom is 0.338 e. The van der Waals surface area contributed by atoms with E-state index in [1.54, 1.807) is 18.2 Å². The van der Waals surface area contributed by atoms with E-state index in [0.29, 0.717) is 17.9 Å². The minimum absolute atomic E-state index is 0.345. The van der Waals surface area contributed by atoms with Crippen LogP contribution in [0.3, 0.4) is 0 Å². The molecule has 0 saturated carbocycles.